The quantitative estimate of drug-likeness (QED) is 0.908. The van der Waals surface area contributed by atoms with Gasteiger partial charge in [0.2, 0.25) is 0 Å². The van der Waals surface area contributed by atoms with E-state index in [2.05, 4.69) is 5.32 Å². The Hall–Kier alpha value is -3.02. The van der Waals surface area contributed by atoms with Crippen LogP contribution in [0.15, 0.2) is 42.5 Å². The summed E-state index contributed by atoms with van der Waals surface area (Å²) in [7, 11) is 1.68. The molecule has 1 heterocycles. The molecule has 25 heavy (non-hydrogen) atoms. The predicted octanol–water partition coefficient (Wildman–Crippen LogP) is 3.08. The molecule has 6 nitrogen and oxygen atoms in total. The van der Waals surface area contributed by atoms with Crippen LogP contribution in [0.2, 0.25) is 0 Å². The molecule has 0 atom stereocenters. The molecule has 2 amide bonds. The maximum atomic E-state index is 12.4. The minimum Gasteiger partial charge on any atom is -0.494 e. The Balaban J connectivity index is 1.72. The smallest absolute Gasteiger partial charge is 0.264 e. The van der Waals surface area contributed by atoms with Crippen LogP contribution in [-0.4, -0.2) is 32.1 Å². The Kier molecular flexibility index (Phi) is 4.88. The maximum Gasteiger partial charge on any atom is 0.264 e. The molecule has 2 aromatic carbocycles. The van der Waals surface area contributed by atoms with Crippen molar-refractivity contribution in [1.82, 2.24) is 0 Å². The van der Waals surface area contributed by atoms with Crippen LogP contribution in [0.1, 0.15) is 23.7 Å². The van der Waals surface area contributed by atoms with Crippen LogP contribution >= 0.6 is 0 Å². The van der Waals surface area contributed by atoms with Crippen molar-refractivity contribution < 1.29 is 19.1 Å². The summed E-state index contributed by atoms with van der Waals surface area (Å²) in [4.78, 5) is 25.6. The molecule has 0 fully saturated rings. The molecule has 0 spiro atoms. The summed E-state index contributed by atoms with van der Waals surface area (Å²) in [6, 6.07) is 12.2. The van der Waals surface area contributed by atoms with Gasteiger partial charge in [0, 0.05) is 18.3 Å². The minimum atomic E-state index is -0.229. The minimum absolute atomic E-state index is 0.0294. The van der Waals surface area contributed by atoms with E-state index in [4.69, 9.17) is 9.47 Å². The van der Waals surface area contributed by atoms with Crippen LogP contribution in [0.4, 0.5) is 11.4 Å². The van der Waals surface area contributed by atoms with E-state index in [1.54, 1.807) is 49.5 Å². The summed E-state index contributed by atoms with van der Waals surface area (Å²) in [6.07, 6.45) is 0.932. The highest BCUT2D eigenvalue weighted by molar-refractivity contribution is 6.05. The number of nitrogens with one attached hydrogen (secondary N) is 1. The number of carbonyl (C=O) groups excluding carboxylic acids is 2. The number of amides is 2. The Bertz CT molecular complexity index is 787. The standard InChI is InChI=1S/C19H20N2O4/c1-3-10-24-15-7-4-13(5-8-15)19(23)20-14-6-9-17-16(11-14)21(2)18(22)12-25-17/h4-9,11H,3,10,12H2,1-2H3,(H,20,23). The van der Waals surface area contributed by atoms with Gasteiger partial charge in [-0.2, -0.15) is 0 Å². The van der Waals surface area contributed by atoms with Crippen molar-refractivity contribution in [3.8, 4) is 11.5 Å². The van der Waals surface area contributed by atoms with E-state index in [9.17, 15) is 9.59 Å². The monoisotopic (exact) mass is 340 g/mol. The molecule has 0 radical (unpaired) electrons. The number of fused-ring (bicyclic) bond motifs is 1. The largest absolute Gasteiger partial charge is 0.494 e. The van der Waals surface area contributed by atoms with E-state index in [1.165, 1.54) is 4.90 Å². The summed E-state index contributed by atoms with van der Waals surface area (Å²) in [5.41, 5.74) is 1.76. The molecule has 0 bridgehead atoms. The van der Waals surface area contributed by atoms with Crippen LogP contribution in [-0.2, 0) is 4.79 Å². The zero-order valence-electron chi connectivity index (χ0n) is 14.2. The van der Waals surface area contributed by atoms with Gasteiger partial charge in [0.15, 0.2) is 6.61 Å². The fourth-order valence-corrected chi connectivity index (χ4v) is 2.48. The lowest BCUT2D eigenvalue weighted by Crippen LogP contribution is -2.35. The fourth-order valence-electron chi connectivity index (χ4n) is 2.48. The van der Waals surface area contributed by atoms with Crippen molar-refractivity contribution in [1.29, 1.82) is 0 Å². The van der Waals surface area contributed by atoms with Gasteiger partial charge in [0.25, 0.3) is 11.8 Å². The molecule has 1 aliphatic rings. The third-order valence-corrected chi connectivity index (χ3v) is 3.89. The van der Waals surface area contributed by atoms with Crippen molar-refractivity contribution in [3.63, 3.8) is 0 Å². The summed E-state index contributed by atoms with van der Waals surface area (Å²) >= 11 is 0. The molecule has 2 aromatic rings. The highest BCUT2D eigenvalue weighted by Crippen LogP contribution is 2.33. The van der Waals surface area contributed by atoms with Gasteiger partial charge >= 0.3 is 0 Å². The first-order chi connectivity index (χ1) is 12.1. The number of hydrogen-bond acceptors (Lipinski definition) is 4. The average molecular weight is 340 g/mol. The van der Waals surface area contributed by atoms with Gasteiger partial charge in [-0.1, -0.05) is 6.92 Å². The molecule has 130 valence electrons. The number of nitrogens with zero attached hydrogens (tertiary/aromatic N) is 1. The first-order valence-corrected chi connectivity index (χ1v) is 8.16. The molecule has 1 aliphatic heterocycles. The van der Waals surface area contributed by atoms with E-state index in [-0.39, 0.29) is 18.4 Å². The summed E-state index contributed by atoms with van der Waals surface area (Å²) in [5.74, 6) is 1.01. The average Bonchev–Trinajstić information content (AvgIpc) is 2.64. The normalized spacial score (nSPS) is 13.0. The molecule has 0 aromatic heterocycles. The number of hydrogen-bond donors (Lipinski definition) is 1. The third-order valence-electron chi connectivity index (χ3n) is 3.89. The van der Waals surface area contributed by atoms with Crippen molar-refractivity contribution in [2.75, 3.05) is 30.5 Å². The molecule has 0 unspecified atom stereocenters. The predicted molar refractivity (Wildman–Crippen MR) is 95.5 cm³/mol. The van der Waals surface area contributed by atoms with Gasteiger partial charge in [0.05, 0.1) is 12.3 Å². The molecule has 3 rings (SSSR count). The van der Waals surface area contributed by atoms with Gasteiger partial charge in [-0.05, 0) is 48.9 Å². The van der Waals surface area contributed by atoms with E-state index in [0.29, 0.717) is 29.3 Å². The van der Waals surface area contributed by atoms with Crippen LogP contribution < -0.4 is 19.7 Å². The lowest BCUT2D eigenvalue weighted by Gasteiger charge is -2.26. The maximum absolute atomic E-state index is 12.4. The van der Waals surface area contributed by atoms with Gasteiger partial charge < -0.3 is 19.7 Å². The molecule has 1 N–H and O–H groups in total. The Morgan fingerprint density at radius 3 is 2.72 bits per heavy atom. The fraction of sp³-hybridized carbons (Fsp3) is 0.263. The van der Waals surface area contributed by atoms with E-state index >= 15 is 0 Å². The highest BCUT2D eigenvalue weighted by Gasteiger charge is 2.22. The van der Waals surface area contributed by atoms with Crippen molar-refractivity contribution in [2.24, 2.45) is 0 Å². The molecule has 6 heteroatoms. The van der Waals surface area contributed by atoms with Crippen LogP contribution in [0.5, 0.6) is 11.5 Å². The van der Waals surface area contributed by atoms with Crippen molar-refractivity contribution >= 4 is 23.2 Å². The zero-order valence-corrected chi connectivity index (χ0v) is 14.2. The van der Waals surface area contributed by atoms with Gasteiger partial charge in [-0.15, -0.1) is 0 Å². The lowest BCUT2D eigenvalue weighted by atomic mass is 10.2. The second kappa shape index (κ2) is 7.25. The Labute approximate surface area is 146 Å². The third kappa shape index (κ3) is 3.74. The second-order valence-electron chi connectivity index (χ2n) is 5.75. The SMILES string of the molecule is CCCOc1ccc(C(=O)Nc2ccc3c(c2)N(C)C(=O)CO3)cc1. The first-order valence-electron chi connectivity index (χ1n) is 8.16. The van der Waals surface area contributed by atoms with Gasteiger partial charge in [-0.25, -0.2) is 0 Å². The van der Waals surface area contributed by atoms with Crippen LogP contribution in [0, 0.1) is 0 Å². The summed E-state index contributed by atoms with van der Waals surface area (Å²) in [5, 5.41) is 2.83. The lowest BCUT2D eigenvalue weighted by molar-refractivity contribution is -0.120. The van der Waals surface area contributed by atoms with Crippen LogP contribution in [0.3, 0.4) is 0 Å². The number of anilines is 2. The van der Waals surface area contributed by atoms with E-state index < -0.39 is 0 Å². The zero-order chi connectivity index (χ0) is 17.8. The Morgan fingerprint density at radius 1 is 1.24 bits per heavy atom. The number of ether oxygens (including phenoxy) is 2. The van der Waals surface area contributed by atoms with Gasteiger partial charge in [0.1, 0.15) is 11.5 Å². The van der Waals surface area contributed by atoms with Gasteiger partial charge in [-0.3, -0.25) is 9.59 Å². The molecule has 0 saturated carbocycles. The number of benzene rings is 2. The van der Waals surface area contributed by atoms with Crippen molar-refractivity contribution in [3.05, 3.63) is 48.0 Å². The van der Waals surface area contributed by atoms with Crippen LogP contribution in [0.25, 0.3) is 0 Å². The molecular formula is C19H20N2O4. The van der Waals surface area contributed by atoms with E-state index in [0.717, 1.165) is 12.2 Å². The Morgan fingerprint density at radius 2 is 2.00 bits per heavy atom. The molecule has 0 aliphatic carbocycles. The second-order valence-corrected chi connectivity index (χ2v) is 5.75. The van der Waals surface area contributed by atoms with E-state index in [1.807, 2.05) is 6.92 Å². The number of rotatable bonds is 5. The number of carbonyl (C=O) groups is 2. The summed E-state index contributed by atoms with van der Waals surface area (Å²) in [6.45, 7) is 2.72. The van der Waals surface area contributed by atoms with Crippen molar-refractivity contribution in [2.45, 2.75) is 13.3 Å². The number of likely N-dealkylation sites (N-methyl/N-ethyl adjacent to an activating group) is 1. The molecular weight excluding hydrogens is 320 g/mol. The first kappa shape index (κ1) is 16.8. The topological polar surface area (TPSA) is 67.9 Å². The molecule has 0 saturated heterocycles. The summed E-state index contributed by atoms with van der Waals surface area (Å²) < 4.78 is 10.9. The highest BCUT2D eigenvalue weighted by atomic mass is 16.5.